The number of amides is 1. The molecule has 0 saturated carbocycles. The van der Waals surface area contributed by atoms with Crippen LogP contribution in [-0.4, -0.2) is 11.5 Å². The van der Waals surface area contributed by atoms with Crippen LogP contribution in [0.15, 0.2) is 30.3 Å². The third kappa shape index (κ3) is 5.11. The number of benzene rings is 1. The van der Waals surface area contributed by atoms with Crippen LogP contribution in [0.5, 0.6) is 0 Å². The summed E-state index contributed by atoms with van der Waals surface area (Å²) in [5.41, 5.74) is 5.13. The Morgan fingerprint density at radius 2 is 1.82 bits per heavy atom. The first-order chi connectivity index (χ1) is 5.35. The third-order valence-corrected chi connectivity index (χ3v) is 1.03. The molecule has 0 aliphatic carbocycles. The van der Waals surface area contributed by atoms with Gasteiger partial charge in [0.15, 0.2) is 0 Å². The first kappa shape index (κ1) is 9.65. The van der Waals surface area contributed by atoms with Crippen molar-refractivity contribution in [3.63, 3.8) is 0 Å². The van der Waals surface area contributed by atoms with Gasteiger partial charge in [0.05, 0.1) is 6.61 Å². The quantitative estimate of drug-likeness (QED) is 0.569. The van der Waals surface area contributed by atoms with Gasteiger partial charge in [0.25, 0.3) is 0 Å². The van der Waals surface area contributed by atoms with Gasteiger partial charge in [0, 0.05) is 0 Å². The van der Waals surface area contributed by atoms with Crippen LogP contribution in [-0.2, 0) is 11.4 Å². The molecule has 0 aliphatic rings. The number of hydrogen-bond donors (Lipinski definition) is 2. The predicted molar refractivity (Wildman–Crippen MR) is 42.6 cm³/mol. The lowest BCUT2D eigenvalue weighted by molar-refractivity contribution is -0.106. The fourth-order valence-corrected chi connectivity index (χ4v) is 0.583. The Morgan fingerprint density at radius 1 is 1.36 bits per heavy atom. The summed E-state index contributed by atoms with van der Waals surface area (Å²) < 4.78 is 0. The van der Waals surface area contributed by atoms with E-state index in [4.69, 9.17) is 9.90 Å². The Morgan fingerprint density at radius 3 is 2.09 bits per heavy atom. The van der Waals surface area contributed by atoms with E-state index in [1.54, 1.807) is 0 Å². The molecule has 1 amide bonds. The standard InChI is InChI=1S/C7H8O.CH3NO/c8-6-7-4-2-1-3-5-7;2-1-3/h1-5,8H,6H2;1H,(H2,2,3). The molecule has 0 spiro atoms. The van der Waals surface area contributed by atoms with Crippen LogP contribution >= 0.6 is 0 Å². The minimum Gasteiger partial charge on any atom is -0.392 e. The molecule has 0 aliphatic heterocycles. The zero-order chi connectivity index (χ0) is 8.53. The highest BCUT2D eigenvalue weighted by Gasteiger charge is 1.81. The third-order valence-electron chi connectivity index (χ3n) is 1.03. The number of carbonyl (C=O) groups is 1. The smallest absolute Gasteiger partial charge is 0.204 e. The molecule has 1 aromatic carbocycles. The molecule has 60 valence electrons. The lowest BCUT2D eigenvalue weighted by Gasteiger charge is -1.89. The van der Waals surface area contributed by atoms with E-state index in [0.29, 0.717) is 0 Å². The summed E-state index contributed by atoms with van der Waals surface area (Å²) in [6.45, 7) is 0.140. The van der Waals surface area contributed by atoms with E-state index in [2.05, 4.69) is 5.73 Å². The van der Waals surface area contributed by atoms with Gasteiger partial charge in [0.2, 0.25) is 6.41 Å². The maximum atomic E-state index is 8.58. The Hall–Kier alpha value is -1.35. The largest absolute Gasteiger partial charge is 0.392 e. The average molecular weight is 153 g/mol. The molecule has 1 rings (SSSR count). The highest BCUT2D eigenvalue weighted by atomic mass is 16.3. The van der Waals surface area contributed by atoms with Crippen LogP contribution in [0.25, 0.3) is 0 Å². The lowest BCUT2D eigenvalue weighted by Crippen LogP contribution is -1.82. The maximum Gasteiger partial charge on any atom is 0.204 e. The van der Waals surface area contributed by atoms with E-state index >= 15 is 0 Å². The summed E-state index contributed by atoms with van der Waals surface area (Å²) >= 11 is 0. The Kier molecular flexibility index (Phi) is 5.94. The molecule has 0 aromatic heterocycles. The van der Waals surface area contributed by atoms with Crippen molar-refractivity contribution < 1.29 is 9.90 Å². The van der Waals surface area contributed by atoms with Crippen molar-refractivity contribution >= 4 is 6.41 Å². The molecule has 0 unspecified atom stereocenters. The summed E-state index contributed by atoms with van der Waals surface area (Å²) in [5.74, 6) is 0. The van der Waals surface area contributed by atoms with E-state index in [9.17, 15) is 0 Å². The second-order valence-corrected chi connectivity index (χ2v) is 1.78. The number of hydrogen-bond acceptors (Lipinski definition) is 2. The van der Waals surface area contributed by atoms with Gasteiger partial charge < -0.3 is 10.8 Å². The Balaban J connectivity index is 0.000000292. The number of aliphatic hydroxyl groups excluding tert-OH is 1. The molecule has 3 heteroatoms. The molecular weight excluding hydrogens is 142 g/mol. The van der Waals surface area contributed by atoms with Crippen molar-refractivity contribution in [3.8, 4) is 0 Å². The molecule has 0 fully saturated rings. The molecule has 3 N–H and O–H groups in total. The Labute approximate surface area is 65.5 Å². The first-order valence-electron chi connectivity index (χ1n) is 3.15. The summed E-state index contributed by atoms with van der Waals surface area (Å²) in [6, 6.07) is 9.52. The van der Waals surface area contributed by atoms with E-state index < -0.39 is 0 Å². The van der Waals surface area contributed by atoms with Gasteiger partial charge in [-0.3, -0.25) is 4.79 Å². The van der Waals surface area contributed by atoms with Crippen molar-refractivity contribution in [2.24, 2.45) is 5.73 Å². The van der Waals surface area contributed by atoms with E-state index in [0.717, 1.165) is 5.56 Å². The number of aliphatic hydroxyl groups is 1. The molecule has 0 saturated heterocycles. The summed E-state index contributed by atoms with van der Waals surface area (Å²) in [4.78, 5) is 8.58. The summed E-state index contributed by atoms with van der Waals surface area (Å²) in [6.07, 6.45) is 0.250. The van der Waals surface area contributed by atoms with Crippen molar-refractivity contribution in [2.75, 3.05) is 0 Å². The van der Waals surface area contributed by atoms with Gasteiger partial charge in [-0.25, -0.2) is 0 Å². The highest BCUT2D eigenvalue weighted by molar-refractivity contribution is 5.42. The molecule has 1 aromatic rings. The van der Waals surface area contributed by atoms with E-state index in [-0.39, 0.29) is 13.0 Å². The minimum atomic E-state index is 0.140. The van der Waals surface area contributed by atoms with Crippen LogP contribution in [0, 0.1) is 0 Å². The van der Waals surface area contributed by atoms with Gasteiger partial charge in [-0.05, 0) is 5.56 Å². The van der Waals surface area contributed by atoms with Crippen LogP contribution in [0.4, 0.5) is 0 Å². The van der Waals surface area contributed by atoms with Crippen LogP contribution in [0.1, 0.15) is 5.56 Å². The van der Waals surface area contributed by atoms with Gasteiger partial charge in [-0.2, -0.15) is 0 Å². The summed E-state index contributed by atoms with van der Waals surface area (Å²) in [5, 5.41) is 8.54. The van der Waals surface area contributed by atoms with Crippen molar-refractivity contribution in [1.82, 2.24) is 0 Å². The number of primary amides is 1. The first-order valence-corrected chi connectivity index (χ1v) is 3.15. The predicted octanol–water partition coefficient (Wildman–Crippen LogP) is 0.280. The number of rotatable bonds is 1. The van der Waals surface area contributed by atoms with Crippen molar-refractivity contribution in [2.45, 2.75) is 6.61 Å². The minimum absolute atomic E-state index is 0.140. The van der Waals surface area contributed by atoms with Gasteiger partial charge in [0.1, 0.15) is 0 Å². The van der Waals surface area contributed by atoms with E-state index in [1.807, 2.05) is 30.3 Å². The van der Waals surface area contributed by atoms with Crippen LogP contribution < -0.4 is 5.73 Å². The molecule has 11 heavy (non-hydrogen) atoms. The van der Waals surface area contributed by atoms with Gasteiger partial charge in [-0.1, -0.05) is 30.3 Å². The second kappa shape index (κ2) is 6.77. The molecule has 0 bridgehead atoms. The second-order valence-electron chi connectivity index (χ2n) is 1.78. The molecule has 0 radical (unpaired) electrons. The van der Waals surface area contributed by atoms with Crippen molar-refractivity contribution in [3.05, 3.63) is 35.9 Å². The zero-order valence-electron chi connectivity index (χ0n) is 6.10. The fourth-order valence-electron chi connectivity index (χ4n) is 0.583. The highest BCUT2D eigenvalue weighted by Crippen LogP contribution is 1.95. The molecule has 0 heterocycles. The lowest BCUT2D eigenvalue weighted by atomic mass is 10.2. The van der Waals surface area contributed by atoms with Crippen molar-refractivity contribution in [1.29, 1.82) is 0 Å². The van der Waals surface area contributed by atoms with Gasteiger partial charge in [-0.15, -0.1) is 0 Å². The maximum absolute atomic E-state index is 8.58. The average Bonchev–Trinajstić information content (AvgIpc) is 2.08. The number of nitrogens with two attached hydrogens (primary N) is 1. The SMILES string of the molecule is NC=O.OCc1ccccc1. The number of carbonyl (C=O) groups excluding carboxylic acids is 1. The fraction of sp³-hybridized carbons (Fsp3) is 0.125. The Bertz CT molecular complexity index is 187. The van der Waals surface area contributed by atoms with Crippen LogP contribution in [0.3, 0.4) is 0 Å². The monoisotopic (exact) mass is 153 g/mol. The molecule has 0 atom stereocenters. The normalized spacial score (nSPS) is 7.73. The van der Waals surface area contributed by atoms with E-state index in [1.165, 1.54) is 0 Å². The molecular formula is C8H11NO2. The zero-order valence-corrected chi connectivity index (χ0v) is 6.10. The topological polar surface area (TPSA) is 63.3 Å². The van der Waals surface area contributed by atoms with Crippen LogP contribution in [0.2, 0.25) is 0 Å². The molecule has 3 nitrogen and oxygen atoms in total. The summed E-state index contributed by atoms with van der Waals surface area (Å²) in [7, 11) is 0. The van der Waals surface area contributed by atoms with Gasteiger partial charge >= 0.3 is 0 Å².